The lowest BCUT2D eigenvalue weighted by atomic mass is 10.1. The van der Waals surface area contributed by atoms with Crippen LogP contribution in [-0.2, 0) is 0 Å². The van der Waals surface area contributed by atoms with E-state index in [1.807, 2.05) is 6.07 Å². The van der Waals surface area contributed by atoms with Gasteiger partial charge in [-0.1, -0.05) is 22.0 Å². The van der Waals surface area contributed by atoms with Gasteiger partial charge >= 0.3 is 0 Å². The Labute approximate surface area is 96.4 Å². The molecule has 1 aromatic carbocycles. The Bertz CT molecular complexity index is 351. The van der Waals surface area contributed by atoms with E-state index in [9.17, 15) is 4.39 Å². The van der Waals surface area contributed by atoms with Gasteiger partial charge in [0, 0.05) is 10.5 Å². The molecule has 5 heteroatoms. The van der Waals surface area contributed by atoms with Crippen LogP contribution in [0.2, 0.25) is 0 Å². The molecule has 0 bridgehead atoms. The largest absolute Gasteiger partial charge is 0.323 e. The van der Waals surface area contributed by atoms with E-state index in [-0.39, 0.29) is 30.7 Å². The summed E-state index contributed by atoms with van der Waals surface area (Å²) in [6, 6.07) is 5.86. The van der Waals surface area contributed by atoms with Crippen LogP contribution in [0.1, 0.15) is 18.0 Å². The highest BCUT2D eigenvalue weighted by molar-refractivity contribution is 9.10. The summed E-state index contributed by atoms with van der Waals surface area (Å²) in [5.41, 5.74) is 6.43. The van der Waals surface area contributed by atoms with Crippen molar-refractivity contribution >= 4 is 28.3 Å². The molecule has 0 unspecified atom stereocenters. The standard InChI is InChI=1S/C9H8BrFN2.ClH/c10-8-5-6(11)1-2-7(8)9(13)3-4-12;/h1-2,5,9H,3,13H2;1H/t9-;/m1./s1. The Morgan fingerprint density at radius 3 is 2.71 bits per heavy atom. The number of nitrogens with zero attached hydrogens (tertiary/aromatic N) is 1. The highest BCUT2D eigenvalue weighted by Crippen LogP contribution is 2.24. The van der Waals surface area contributed by atoms with Gasteiger partial charge in [-0.15, -0.1) is 12.4 Å². The summed E-state index contributed by atoms with van der Waals surface area (Å²) in [6.45, 7) is 0. The third-order valence-electron chi connectivity index (χ3n) is 1.67. The van der Waals surface area contributed by atoms with E-state index >= 15 is 0 Å². The first-order chi connectivity index (χ1) is 6.15. The molecule has 0 aliphatic heterocycles. The molecule has 0 spiro atoms. The number of nitriles is 1. The van der Waals surface area contributed by atoms with Gasteiger partial charge in [-0.05, 0) is 17.7 Å². The molecule has 1 atom stereocenters. The van der Waals surface area contributed by atoms with Crippen LogP contribution >= 0.6 is 28.3 Å². The van der Waals surface area contributed by atoms with Crippen LogP contribution in [0.3, 0.4) is 0 Å². The number of hydrogen-bond donors (Lipinski definition) is 1. The lowest BCUT2D eigenvalue weighted by Gasteiger charge is -2.09. The molecule has 0 amide bonds. The number of benzene rings is 1. The number of rotatable bonds is 2. The third-order valence-corrected chi connectivity index (χ3v) is 2.36. The van der Waals surface area contributed by atoms with Crippen LogP contribution in [0.4, 0.5) is 4.39 Å². The third kappa shape index (κ3) is 3.26. The van der Waals surface area contributed by atoms with Gasteiger partial charge in [0.2, 0.25) is 0 Å². The monoisotopic (exact) mass is 278 g/mol. The maximum Gasteiger partial charge on any atom is 0.124 e. The summed E-state index contributed by atoms with van der Waals surface area (Å²) in [4.78, 5) is 0. The fourth-order valence-corrected chi connectivity index (χ4v) is 1.66. The Morgan fingerprint density at radius 1 is 1.57 bits per heavy atom. The molecule has 0 radical (unpaired) electrons. The Kier molecular flexibility index (Phi) is 5.70. The van der Waals surface area contributed by atoms with E-state index in [0.717, 1.165) is 5.56 Å². The van der Waals surface area contributed by atoms with Crippen molar-refractivity contribution in [3.8, 4) is 6.07 Å². The van der Waals surface area contributed by atoms with Crippen LogP contribution in [0.15, 0.2) is 22.7 Å². The van der Waals surface area contributed by atoms with Gasteiger partial charge in [-0.3, -0.25) is 0 Å². The average Bonchev–Trinajstić information content (AvgIpc) is 2.04. The highest BCUT2D eigenvalue weighted by Gasteiger charge is 2.09. The maximum absolute atomic E-state index is 12.7. The van der Waals surface area contributed by atoms with Gasteiger partial charge in [-0.25, -0.2) is 4.39 Å². The zero-order chi connectivity index (χ0) is 9.84. The fraction of sp³-hybridized carbons (Fsp3) is 0.222. The molecule has 1 rings (SSSR count). The molecule has 0 aromatic heterocycles. The van der Waals surface area contributed by atoms with Crippen molar-refractivity contribution in [3.63, 3.8) is 0 Å². The minimum atomic E-state index is -0.361. The minimum Gasteiger partial charge on any atom is -0.323 e. The molecule has 0 aliphatic carbocycles. The van der Waals surface area contributed by atoms with Crippen molar-refractivity contribution in [1.82, 2.24) is 0 Å². The zero-order valence-corrected chi connectivity index (χ0v) is 9.61. The normalized spacial score (nSPS) is 11.3. The average molecular weight is 280 g/mol. The SMILES string of the molecule is Cl.N#CC[C@@H](N)c1ccc(F)cc1Br. The highest BCUT2D eigenvalue weighted by atomic mass is 79.9. The second-order valence-corrected chi connectivity index (χ2v) is 3.49. The lowest BCUT2D eigenvalue weighted by Crippen LogP contribution is -2.09. The summed E-state index contributed by atoms with van der Waals surface area (Å²) < 4.78 is 13.3. The van der Waals surface area contributed by atoms with Crippen molar-refractivity contribution < 1.29 is 4.39 Å². The maximum atomic E-state index is 12.7. The van der Waals surface area contributed by atoms with Crippen molar-refractivity contribution in [2.24, 2.45) is 5.73 Å². The summed E-state index contributed by atoms with van der Waals surface area (Å²) >= 11 is 3.19. The number of nitrogens with two attached hydrogens (primary N) is 1. The second kappa shape index (κ2) is 5.97. The lowest BCUT2D eigenvalue weighted by molar-refractivity contribution is 0.623. The summed E-state index contributed by atoms with van der Waals surface area (Å²) in [5.74, 6) is -0.320. The van der Waals surface area contributed by atoms with Crippen LogP contribution < -0.4 is 5.73 Å². The number of hydrogen-bond acceptors (Lipinski definition) is 2. The number of halogens is 3. The molecule has 14 heavy (non-hydrogen) atoms. The topological polar surface area (TPSA) is 49.8 Å². The molecule has 0 aliphatic rings. The molecule has 0 heterocycles. The molecule has 0 saturated carbocycles. The first-order valence-electron chi connectivity index (χ1n) is 3.72. The molecule has 76 valence electrons. The van der Waals surface area contributed by atoms with Crippen molar-refractivity contribution in [2.75, 3.05) is 0 Å². The van der Waals surface area contributed by atoms with E-state index in [0.29, 0.717) is 4.47 Å². The fourth-order valence-electron chi connectivity index (χ4n) is 1.01. The molecule has 2 nitrogen and oxygen atoms in total. The second-order valence-electron chi connectivity index (χ2n) is 2.63. The summed E-state index contributed by atoms with van der Waals surface area (Å²) in [5, 5.41) is 8.42. The van der Waals surface area contributed by atoms with Crippen LogP contribution in [0, 0.1) is 17.1 Å². The van der Waals surface area contributed by atoms with Crippen LogP contribution in [0.25, 0.3) is 0 Å². The van der Waals surface area contributed by atoms with Gasteiger partial charge in [-0.2, -0.15) is 5.26 Å². The van der Waals surface area contributed by atoms with E-state index in [1.165, 1.54) is 12.1 Å². The quantitative estimate of drug-likeness (QED) is 0.905. The molecule has 0 fully saturated rings. The van der Waals surface area contributed by atoms with Crippen molar-refractivity contribution in [3.05, 3.63) is 34.1 Å². The first kappa shape index (κ1) is 13.4. The van der Waals surface area contributed by atoms with Gasteiger partial charge < -0.3 is 5.73 Å². The summed E-state index contributed by atoms with van der Waals surface area (Å²) in [6.07, 6.45) is 0.226. The summed E-state index contributed by atoms with van der Waals surface area (Å²) in [7, 11) is 0. The van der Waals surface area contributed by atoms with E-state index in [2.05, 4.69) is 15.9 Å². The Balaban J connectivity index is 0.00000169. The first-order valence-corrected chi connectivity index (χ1v) is 4.52. The van der Waals surface area contributed by atoms with E-state index in [4.69, 9.17) is 11.0 Å². The van der Waals surface area contributed by atoms with E-state index < -0.39 is 0 Å². The van der Waals surface area contributed by atoms with Crippen molar-refractivity contribution in [2.45, 2.75) is 12.5 Å². The Morgan fingerprint density at radius 2 is 2.21 bits per heavy atom. The van der Waals surface area contributed by atoms with Gasteiger partial charge in [0.25, 0.3) is 0 Å². The van der Waals surface area contributed by atoms with Gasteiger partial charge in [0.1, 0.15) is 5.82 Å². The van der Waals surface area contributed by atoms with Gasteiger partial charge in [0.05, 0.1) is 12.5 Å². The Hall–Kier alpha value is -0.630. The minimum absolute atomic E-state index is 0. The predicted molar refractivity (Wildman–Crippen MR) is 58.5 cm³/mol. The molecule has 0 saturated heterocycles. The van der Waals surface area contributed by atoms with Crippen LogP contribution in [-0.4, -0.2) is 0 Å². The van der Waals surface area contributed by atoms with Crippen molar-refractivity contribution in [1.29, 1.82) is 5.26 Å². The van der Waals surface area contributed by atoms with E-state index in [1.54, 1.807) is 6.07 Å². The predicted octanol–water partition coefficient (Wildman–Crippen LogP) is 2.92. The zero-order valence-electron chi connectivity index (χ0n) is 7.21. The van der Waals surface area contributed by atoms with Gasteiger partial charge in [0.15, 0.2) is 0 Å². The molecule has 1 aromatic rings. The molecule has 2 N–H and O–H groups in total. The van der Waals surface area contributed by atoms with Crippen LogP contribution in [0.5, 0.6) is 0 Å². The smallest absolute Gasteiger partial charge is 0.124 e. The molecular formula is C9H9BrClFN2. The molecular weight excluding hydrogens is 270 g/mol.